The van der Waals surface area contributed by atoms with Crippen molar-refractivity contribution >= 4 is 28.5 Å². The first-order valence-electron chi connectivity index (χ1n) is 8.10. The smallest absolute Gasteiger partial charge is 0.339 e. The molecule has 132 valence electrons. The number of ether oxygens (including phenoxy) is 1. The predicted molar refractivity (Wildman–Crippen MR) is 99.4 cm³/mol. The Morgan fingerprint density at radius 2 is 1.85 bits per heavy atom. The molecule has 2 N–H and O–H groups in total. The lowest BCUT2D eigenvalue weighted by Crippen LogP contribution is -2.22. The summed E-state index contributed by atoms with van der Waals surface area (Å²) in [6, 6.07) is 13.7. The van der Waals surface area contributed by atoms with Gasteiger partial charge in [0.05, 0.1) is 5.56 Å². The molecule has 26 heavy (non-hydrogen) atoms. The normalized spacial score (nSPS) is 10.5. The zero-order valence-corrected chi connectivity index (χ0v) is 14.5. The highest BCUT2D eigenvalue weighted by molar-refractivity contribution is 6.04. The summed E-state index contributed by atoms with van der Waals surface area (Å²) < 4.78 is 5.09. The number of H-pyrrole nitrogens is 1. The van der Waals surface area contributed by atoms with E-state index in [-0.39, 0.29) is 5.56 Å². The average Bonchev–Trinajstić information content (AvgIpc) is 2.61. The van der Waals surface area contributed by atoms with E-state index < -0.39 is 24.0 Å². The maximum absolute atomic E-state index is 12.3. The molecule has 0 aliphatic rings. The van der Waals surface area contributed by atoms with Gasteiger partial charge in [0.2, 0.25) is 5.56 Å². The molecule has 3 rings (SSSR count). The first-order chi connectivity index (χ1) is 12.4. The van der Waals surface area contributed by atoms with Crippen molar-refractivity contribution in [3.63, 3.8) is 0 Å². The van der Waals surface area contributed by atoms with E-state index in [9.17, 15) is 14.4 Å². The van der Waals surface area contributed by atoms with Crippen LogP contribution in [-0.2, 0) is 9.53 Å². The molecule has 0 bridgehead atoms. The van der Waals surface area contributed by atoms with Gasteiger partial charge in [-0.05, 0) is 31.5 Å². The van der Waals surface area contributed by atoms with Gasteiger partial charge in [-0.3, -0.25) is 9.59 Å². The highest BCUT2D eigenvalue weighted by Gasteiger charge is 2.15. The zero-order chi connectivity index (χ0) is 18.7. The fraction of sp³-hybridized carbons (Fsp3) is 0.150. The molecule has 0 aliphatic carbocycles. The Morgan fingerprint density at radius 1 is 1.08 bits per heavy atom. The summed E-state index contributed by atoms with van der Waals surface area (Å²) in [5, 5.41) is 3.27. The van der Waals surface area contributed by atoms with Crippen molar-refractivity contribution in [2.24, 2.45) is 0 Å². The minimum atomic E-state index is -0.719. The van der Waals surface area contributed by atoms with E-state index in [1.54, 1.807) is 30.3 Å². The third kappa shape index (κ3) is 3.80. The monoisotopic (exact) mass is 350 g/mol. The largest absolute Gasteiger partial charge is 0.452 e. The predicted octanol–water partition coefficient (Wildman–Crippen LogP) is 2.94. The van der Waals surface area contributed by atoms with E-state index >= 15 is 0 Å². The molecular weight excluding hydrogens is 332 g/mol. The Bertz CT molecular complexity index is 1050. The number of para-hydroxylation sites is 1. The number of rotatable bonds is 4. The number of hydrogen-bond acceptors (Lipinski definition) is 4. The molecule has 1 heterocycles. The third-order valence-electron chi connectivity index (χ3n) is 3.96. The second-order valence-corrected chi connectivity index (χ2v) is 6.04. The maximum Gasteiger partial charge on any atom is 0.339 e. The van der Waals surface area contributed by atoms with Crippen LogP contribution in [0.2, 0.25) is 0 Å². The summed E-state index contributed by atoms with van der Waals surface area (Å²) in [5.41, 5.74) is 2.93. The van der Waals surface area contributed by atoms with Crippen molar-refractivity contribution in [2.75, 3.05) is 11.9 Å². The van der Waals surface area contributed by atoms with Crippen LogP contribution in [0.15, 0.2) is 53.3 Å². The van der Waals surface area contributed by atoms with E-state index in [1.807, 2.05) is 26.0 Å². The van der Waals surface area contributed by atoms with Gasteiger partial charge in [-0.2, -0.15) is 0 Å². The number of aromatic amines is 1. The number of anilines is 1. The van der Waals surface area contributed by atoms with Crippen molar-refractivity contribution in [2.45, 2.75) is 13.8 Å². The Kier molecular flexibility index (Phi) is 4.84. The Hall–Kier alpha value is -3.41. The molecule has 6 heteroatoms. The van der Waals surface area contributed by atoms with Gasteiger partial charge in [0.15, 0.2) is 6.61 Å². The summed E-state index contributed by atoms with van der Waals surface area (Å²) in [7, 11) is 0. The van der Waals surface area contributed by atoms with Crippen LogP contribution in [0.3, 0.4) is 0 Å². The van der Waals surface area contributed by atoms with Crippen molar-refractivity contribution in [3.05, 3.63) is 75.6 Å². The SMILES string of the molecule is Cc1ccc(NC(=O)COC(=O)c2cc(=O)[nH]c3ccccc23)c(C)c1. The summed E-state index contributed by atoms with van der Waals surface area (Å²) in [5.74, 6) is -1.16. The lowest BCUT2D eigenvalue weighted by molar-refractivity contribution is -0.119. The van der Waals surface area contributed by atoms with Crippen LogP contribution in [0.4, 0.5) is 5.69 Å². The standard InChI is InChI=1S/C20H18N2O4/c1-12-7-8-16(13(2)9-12)21-19(24)11-26-20(25)15-10-18(23)22-17-6-4-3-5-14(15)17/h3-10H,11H2,1-2H3,(H,21,24)(H,22,23). The van der Waals surface area contributed by atoms with E-state index in [2.05, 4.69) is 10.3 Å². The molecule has 0 spiro atoms. The summed E-state index contributed by atoms with van der Waals surface area (Å²) in [6.07, 6.45) is 0. The second-order valence-electron chi connectivity index (χ2n) is 6.04. The van der Waals surface area contributed by atoms with Gasteiger partial charge in [-0.25, -0.2) is 4.79 Å². The molecule has 0 unspecified atom stereocenters. The first-order valence-corrected chi connectivity index (χ1v) is 8.10. The lowest BCUT2D eigenvalue weighted by Gasteiger charge is -2.10. The Balaban J connectivity index is 1.71. The van der Waals surface area contributed by atoms with E-state index in [0.717, 1.165) is 11.1 Å². The second kappa shape index (κ2) is 7.23. The average molecular weight is 350 g/mol. The van der Waals surface area contributed by atoms with Crippen molar-refractivity contribution < 1.29 is 14.3 Å². The van der Waals surface area contributed by atoms with Gasteiger partial charge in [0.25, 0.3) is 5.91 Å². The number of carbonyl (C=O) groups excluding carboxylic acids is 2. The molecule has 0 saturated carbocycles. The number of amides is 1. The highest BCUT2D eigenvalue weighted by Crippen LogP contribution is 2.17. The topological polar surface area (TPSA) is 88.3 Å². The molecule has 0 radical (unpaired) electrons. The van der Waals surface area contributed by atoms with Crippen molar-refractivity contribution in [3.8, 4) is 0 Å². The van der Waals surface area contributed by atoms with Crippen molar-refractivity contribution in [1.82, 2.24) is 4.98 Å². The quantitative estimate of drug-likeness (QED) is 0.708. The number of aromatic nitrogens is 1. The molecule has 1 amide bonds. The molecule has 3 aromatic rings. The minimum absolute atomic E-state index is 0.128. The minimum Gasteiger partial charge on any atom is -0.452 e. The van der Waals surface area contributed by atoms with Gasteiger partial charge >= 0.3 is 5.97 Å². The summed E-state index contributed by atoms with van der Waals surface area (Å²) in [6.45, 7) is 3.41. The first kappa shape index (κ1) is 17.4. The van der Waals surface area contributed by atoms with Gasteiger partial charge < -0.3 is 15.0 Å². The van der Waals surface area contributed by atoms with Crippen molar-refractivity contribution in [1.29, 1.82) is 0 Å². The maximum atomic E-state index is 12.3. The number of benzene rings is 2. The molecule has 0 atom stereocenters. The number of hydrogen-bond donors (Lipinski definition) is 2. The molecule has 0 fully saturated rings. The number of aryl methyl sites for hydroxylation is 2. The summed E-state index contributed by atoms with van der Waals surface area (Å²) >= 11 is 0. The summed E-state index contributed by atoms with van der Waals surface area (Å²) in [4.78, 5) is 38.7. The molecule has 0 saturated heterocycles. The van der Waals surface area contributed by atoms with Crippen LogP contribution in [0.1, 0.15) is 21.5 Å². The number of carbonyl (C=O) groups is 2. The van der Waals surface area contributed by atoms with Gasteiger partial charge in [-0.15, -0.1) is 0 Å². The number of fused-ring (bicyclic) bond motifs is 1. The van der Waals surface area contributed by atoms with Crippen LogP contribution in [0.25, 0.3) is 10.9 Å². The van der Waals surface area contributed by atoms with Crippen LogP contribution in [0.5, 0.6) is 0 Å². The fourth-order valence-corrected chi connectivity index (χ4v) is 2.72. The van der Waals surface area contributed by atoms with E-state index in [1.165, 1.54) is 6.07 Å². The van der Waals surface area contributed by atoms with Crippen LogP contribution in [-0.4, -0.2) is 23.5 Å². The molecule has 2 aromatic carbocycles. The van der Waals surface area contributed by atoms with Gasteiger partial charge in [0.1, 0.15) is 0 Å². The van der Waals surface area contributed by atoms with E-state index in [0.29, 0.717) is 16.6 Å². The molecular formula is C20H18N2O4. The Morgan fingerprint density at radius 3 is 2.62 bits per heavy atom. The Labute approximate surface area is 149 Å². The molecule has 6 nitrogen and oxygen atoms in total. The number of pyridine rings is 1. The lowest BCUT2D eigenvalue weighted by atomic mass is 10.1. The fourth-order valence-electron chi connectivity index (χ4n) is 2.72. The molecule has 1 aromatic heterocycles. The zero-order valence-electron chi connectivity index (χ0n) is 14.5. The van der Waals surface area contributed by atoms with Crippen LogP contribution in [0, 0.1) is 13.8 Å². The van der Waals surface area contributed by atoms with Crippen LogP contribution >= 0.6 is 0 Å². The third-order valence-corrected chi connectivity index (χ3v) is 3.96. The molecule has 0 aliphatic heterocycles. The van der Waals surface area contributed by atoms with Crippen LogP contribution < -0.4 is 10.9 Å². The van der Waals surface area contributed by atoms with Gasteiger partial charge in [0, 0.05) is 22.7 Å². The highest BCUT2D eigenvalue weighted by atomic mass is 16.5. The number of esters is 1. The van der Waals surface area contributed by atoms with E-state index in [4.69, 9.17) is 4.74 Å². The van der Waals surface area contributed by atoms with Gasteiger partial charge in [-0.1, -0.05) is 35.9 Å². The number of nitrogens with one attached hydrogen (secondary N) is 2.